The molecule has 0 saturated heterocycles. The molecule has 7 heteroatoms. The fourth-order valence-corrected chi connectivity index (χ4v) is 4.66. The van der Waals surface area contributed by atoms with Crippen LogP contribution in [-0.4, -0.2) is 27.0 Å². The molecule has 1 unspecified atom stereocenters. The van der Waals surface area contributed by atoms with E-state index in [0.29, 0.717) is 29.5 Å². The van der Waals surface area contributed by atoms with Gasteiger partial charge in [-0.25, -0.2) is 9.97 Å². The van der Waals surface area contributed by atoms with Crippen LogP contribution in [0, 0.1) is 11.3 Å². The maximum Gasteiger partial charge on any atom is 0.309 e. The van der Waals surface area contributed by atoms with Crippen molar-refractivity contribution in [2.24, 2.45) is 11.3 Å². The van der Waals surface area contributed by atoms with Gasteiger partial charge in [0, 0.05) is 5.57 Å². The topological polar surface area (TPSA) is 118 Å². The van der Waals surface area contributed by atoms with Crippen molar-refractivity contribution >= 4 is 29.1 Å². The van der Waals surface area contributed by atoms with Gasteiger partial charge in [0.25, 0.3) is 0 Å². The first kappa shape index (κ1) is 27.8. The number of nitrogen functional groups attached to an aromatic ring is 1. The van der Waals surface area contributed by atoms with Crippen molar-refractivity contribution < 1.29 is 14.7 Å². The second-order valence-electron chi connectivity index (χ2n) is 10.8. The van der Waals surface area contributed by atoms with Crippen LogP contribution in [0.5, 0.6) is 0 Å². The zero-order valence-electron chi connectivity index (χ0n) is 23.1. The van der Waals surface area contributed by atoms with E-state index in [1.54, 1.807) is 13.8 Å². The van der Waals surface area contributed by atoms with Crippen LogP contribution in [-0.2, 0) is 21.4 Å². The molecule has 1 amide bonds. The largest absolute Gasteiger partial charge is 0.481 e. The predicted molar refractivity (Wildman–Crippen MR) is 149 cm³/mol. The Morgan fingerprint density at radius 2 is 1.81 bits per heavy atom. The number of nitrogens with two attached hydrogens (primary N) is 1. The van der Waals surface area contributed by atoms with Gasteiger partial charge in [-0.2, -0.15) is 0 Å². The number of hydrogen-bond acceptors (Lipinski definition) is 5. The third kappa shape index (κ3) is 5.08. The van der Waals surface area contributed by atoms with Crippen LogP contribution in [0.2, 0.25) is 0 Å². The van der Waals surface area contributed by atoms with E-state index in [-0.39, 0.29) is 11.7 Å². The predicted octanol–water partition coefficient (Wildman–Crippen LogP) is 5.92. The normalized spacial score (nSPS) is 18.7. The van der Waals surface area contributed by atoms with Crippen LogP contribution in [0.4, 0.5) is 11.6 Å². The van der Waals surface area contributed by atoms with Gasteiger partial charge < -0.3 is 16.2 Å². The van der Waals surface area contributed by atoms with Gasteiger partial charge in [-0.05, 0) is 70.6 Å². The molecular formula is C30H38N4O3. The molecule has 3 rings (SSSR count). The van der Waals surface area contributed by atoms with E-state index in [9.17, 15) is 14.7 Å². The third-order valence-corrected chi connectivity index (χ3v) is 7.32. The fraction of sp³-hybridized carbons (Fsp3) is 0.400. The Morgan fingerprint density at radius 3 is 2.32 bits per heavy atom. The van der Waals surface area contributed by atoms with Crippen molar-refractivity contribution in [3.63, 3.8) is 0 Å². The number of carboxylic acids is 1. The van der Waals surface area contributed by atoms with E-state index in [0.717, 1.165) is 22.3 Å². The smallest absolute Gasteiger partial charge is 0.309 e. The highest BCUT2D eigenvalue weighted by molar-refractivity contribution is 6.09. The first-order chi connectivity index (χ1) is 17.3. The van der Waals surface area contributed by atoms with Crippen LogP contribution < -0.4 is 11.1 Å². The number of allylic oxidation sites excluding steroid dienone is 6. The molecule has 1 aromatic heterocycles. The lowest BCUT2D eigenvalue weighted by atomic mass is 9.77. The van der Waals surface area contributed by atoms with Crippen LogP contribution in [0.15, 0.2) is 53.6 Å². The van der Waals surface area contributed by atoms with E-state index < -0.39 is 16.8 Å². The van der Waals surface area contributed by atoms with E-state index in [1.807, 2.05) is 63.3 Å². The minimum Gasteiger partial charge on any atom is -0.481 e. The van der Waals surface area contributed by atoms with Crippen LogP contribution in [0.25, 0.3) is 5.57 Å². The Morgan fingerprint density at radius 1 is 1.19 bits per heavy atom. The van der Waals surface area contributed by atoms with Gasteiger partial charge in [0.1, 0.15) is 17.1 Å². The van der Waals surface area contributed by atoms with Gasteiger partial charge in [0.15, 0.2) is 5.82 Å². The van der Waals surface area contributed by atoms with E-state index >= 15 is 0 Å². The number of nitrogens with zero attached hydrogens (tertiary/aromatic N) is 2. The maximum absolute atomic E-state index is 13.3. The number of carboxylic acid groups (broad SMARTS) is 1. The Kier molecular flexibility index (Phi) is 7.77. The standard InChI is InChI=1S/C30H38N4O3/c1-9-11-22(18(5)17(3)4)21(10-2)25-32-24(31)23-26(33-25)34-27(35)30(23,8)20-14-12-19(13-15-20)16-29(6,7)28(36)37/h9-15,17H,16H2,1-8H3,(H,36,37)(H3,31,32,33,34,35)/b11-9-,21-10?,22-18-. The molecule has 0 aliphatic carbocycles. The minimum atomic E-state index is -1.08. The minimum absolute atomic E-state index is 0.233. The lowest BCUT2D eigenvalue weighted by molar-refractivity contribution is -0.146. The molecule has 0 radical (unpaired) electrons. The molecular weight excluding hydrogens is 464 g/mol. The SMILES string of the molecule is CC=C(C(/C=C\C)=C(/C)C(C)C)c1nc(N)c2c(n1)NC(=O)C2(C)c1ccc(CC(C)(C)C(=O)O)cc1. The van der Waals surface area contributed by atoms with Crippen LogP contribution >= 0.6 is 0 Å². The summed E-state index contributed by atoms with van der Waals surface area (Å²) in [5.41, 5.74) is 9.80. The Balaban J connectivity index is 2.08. The lowest BCUT2D eigenvalue weighted by Gasteiger charge is -2.25. The molecule has 7 nitrogen and oxygen atoms in total. The van der Waals surface area contributed by atoms with Crippen molar-refractivity contribution in [2.45, 2.75) is 67.2 Å². The Labute approximate surface area is 219 Å². The van der Waals surface area contributed by atoms with Gasteiger partial charge in [0.2, 0.25) is 5.91 Å². The Bertz CT molecular complexity index is 1320. The molecule has 1 aliphatic rings. The fourth-order valence-electron chi connectivity index (χ4n) is 4.66. The number of amides is 1. The van der Waals surface area contributed by atoms with Gasteiger partial charge >= 0.3 is 5.97 Å². The first-order valence-corrected chi connectivity index (χ1v) is 12.6. The molecule has 2 aromatic rings. The van der Waals surface area contributed by atoms with Gasteiger partial charge in [-0.1, -0.05) is 61.9 Å². The summed E-state index contributed by atoms with van der Waals surface area (Å²) in [4.78, 5) is 34.3. The molecule has 2 heterocycles. The zero-order chi connectivity index (χ0) is 27.7. The summed E-state index contributed by atoms with van der Waals surface area (Å²) in [6.45, 7) is 15.5. The molecule has 0 saturated carbocycles. The number of carbonyl (C=O) groups is 2. The quantitative estimate of drug-likeness (QED) is 0.386. The van der Waals surface area contributed by atoms with E-state index in [4.69, 9.17) is 10.7 Å². The van der Waals surface area contributed by atoms with Crippen molar-refractivity contribution in [1.29, 1.82) is 0 Å². The lowest BCUT2D eigenvalue weighted by Crippen LogP contribution is -2.33. The van der Waals surface area contributed by atoms with Gasteiger partial charge in [0.05, 0.1) is 11.0 Å². The highest BCUT2D eigenvalue weighted by atomic mass is 16.4. The second-order valence-corrected chi connectivity index (χ2v) is 10.8. The summed E-state index contributed by atoms with van der Waals surface area (Å²) in [6.07, 6.45) is 6.38. The number of benzene rings is 1. The number of rotatable bonds is 8. The van der Waals surface area contributed by atoms with Crippen molar-refractivity contribution in [1.82, 2.24) is 9.97 Å². The van der Waals surface area contributed by atoms with Crippen LogP contribution in [0.3, 0.4) is 0 Å². The summed E-state index contributed by atoms with van der Waals surface area (Å²) in [6, 6.07) is 7.43. The molecule has 196 valence electrons. The number of fused-ring (bicyclic) bond motifs is 1. The summed E-state index contributed by atoms with van der Waals surface area (Å²) in [7, 11) is 0. The average molecular weight is 503 g/mol. The molecule has 0 fully saturated rings. The Hall–Kier alpha value is -3.74. The van der Waals surface area contributed by atoms with Gasteiger partial charge in [-0.3, -0.25) is 9.59 Å². The van der Waals surface area contributed by atoms with Gasteiger partial charge in [-0.15, -0.1) is 0 Å². The first-order valence-electron chi connectivity index (χ1n) is 12.6. The maximum atomic E-state index is 13.3. The monoisotopic (exact) mass is 502 g/mol. The van der Waals surface area contributed by atoms with Crippen LogP contribution in [0.1, 0.15) is 77.9 Å². The molecule has 4 N–H and O–H groups in total. The number of anilines is 2. The third-order valence-electron chi connectivity index (χ3n) is 7.32. The number of nitrogens with one attached hydrogen (secondary N) is 1. The molecule has 37 heavy (non-hydrogen) atoms. The summed E-state index contributed by atoms with van der Waals surface area (Å²) >= 11 is 0. The number of aromatic nitrogens is 2. The molecule has 1 aromatic carbocycles. The van der Waals surface area contributed by atoms with Crippen molar-refractivity contribution in [3.8, 4) is 0 Å². The van der Waals surface area contributed by atoms with E-state index in [2.05, 4.69) is 31.1 Å². The molecule has 1 atom stereocenters. The van der Waals surface area contributed by atoms with E-state index in [1.165, 1.54) is 5.57 Å². The summed E-state index contributed by atoms with van der Waals surface area (Å²) < 4.78 is 0. The molecule has 0 bridgehead atoms. The average Bonchev–Trinajstić information content (AvgIpc) is 3.09. The zero-order valence-corrected chi connectivity index (χ0v) is 23.1. The number of aliphatic carboxylic acids is 1. The number of carbonyl (C=O) groups excluding carboxylic acids is 1. The van der Waals surface area contributed by atoms with Crippen molar-refractivity contribution in [2.75, 3.05) is 11.1 Å². The van der Waals surface area contributed by atoms with Crippen molar-refractivity contribution in [3.05, 3.63) is 76.2 Å². The highest BCUT2D eigenvalue weighted by Gasteiger charge is 2.47. The summed E-state index contributed by atoms with van der Waals surface area (Å²) in [5, 5.41) is 12.4. The highest BCUT2D eigenvalue weighted by Crippen LogP contribution is 2.45. The molecule has 0 spiro atoms. The number of hydrogen-bond donors (Lipinski definition) is 3. The second kappa shape index (κ2) is 10.3. The molecule has 1 aliphatic heterocycles. The summed E-state index contributed by atoms with van der Waals surface area (Å²) in [5.74, 6) is 0.363.